The van der Waals surface area contributed by atoms with E-state index < -0.39 is 0 Å². The number of pyridine rings is 2. The summed E-state index contributed by atoms with van der Waals surface area (Å²) in [7, 11) is 0. The summed E-state index contributed by atoms with van der Waals surface area (Å²) in [4.78, 5) is 20.0. The van der Waals surface area contributed by atoms with E-state index in [0.717, 1.165) is 0 Å². The number of halogens is 1. The Labute approximate surface area is 117 Å². The molecule has 102 valence electrons. The Morgan fingerprint density at radius 1 is 1.32 bits per heavy atom. The van der Waals surface area contributed by atoms with Gasteiger partial charge in [0.2, 0.25) is 0 Å². The van der Waals surface area contributed by atoms with Crippen LogP contribution in [-0.2, 0) is 6.42 Å². The number of aromatic nitrogens is 2. The van der Waals surface area contributed by atoms with Gasteiger partial charge in [0, 0.05) is 24.3 Å². The second-order valence-corrected chi connectivity index (χ2v) is 3.93. The number of hydrogen-bond donors (Lipinski definition) is 2. The maximum absolute atomic E-state index is 11.7. The predicted octanol–water partition coefficient (Wildman–Crippen LogP) is 2.07. The Balaban J connectivity index is 0.00000180. The van der Waals surface area contributed by atoms with Gasteiger partial charge in [-0.25, -0.2) is 0 Å². The van der Waals surface area contributed by atoms with Crippen molar-refractivity contribution in [3.63, 3.8) is 0 Å². The molecule has 1 amide bonds. The van der Waals surface area contributed by atoms with E-state index in [9.17, 15) is 9.90 Å². The van der Waals surface area contributed by atoms with Crippen LogP contribution in [0, 0.1) is 0 Å². The first kappa shape index (κ1) is 15.2. The number of aryl methyl sites for hydroxylation is 1. The Hall–Kier alpha value is -1.88. The van der Waals surface area contributed by atoms with Crippen LogP contribution in [0.1, 0.15) is 29.9 Å². The molecule has 2 rings (SSSR count). The number of fused-ring (bicyclic) bond motifs is 1. The quantitative estimate of drug-likeness (QED) is 0.903. The Bertz CT molecular complexity index is 602. The minimum Gasteiger partial charge on any atom is -0.504 e. The maximum Gasteiger partial charge on any atom is 0.252 e. The summed E-state index contributed by atoms with van der Waals surface area (Å²) in [6, 6.07) is 1.68. The fourth-order valence-electron chi connectivity index (χ4n) is 1.77. The van der Waals surface area contributed by atoms with Gasteiger partial charge in [0.05, 0.1) is 11.3 Å². The van der Waals surface area contributed by atoms with E-state index in [1.807, 2.05) is 13.8 Å². The van der Waals surface area contributed by atoms with E-state index in [0.29, 0.717) is 35.1 Å². The molecule has 0 aliphatic heterocycles. The van der Waals surface area contributed by atoms with Crippen LogP contribution >= 0.6 is 12.4 Å². The van der Waals surface area contributed by atoms with Crippen molar-refractivity contribution in [3.05, 3.63) is 29.7 Å². The topological polar surface area (TPSA) is 75.1 Å². The average Bonchev–Trinajstić information content (AvgIpc) is 2.39. The summed E-state index contributed by atoms with van der Waals surface area (Å²) in [5.74, 6) is -0.0802. The van der Waals surface area contributed by atoms with Crippen molar-refractivity contribution in [3.8, 4) is 5.75 Å². The zero-order chi connectivity index (χ0) is 13.1. The molecule has 6 heteroatoms. The molecule has 2 aromatic rings. The van der Waals surface area contributed by atoms with Gasteiger partial charge < -0.3 is 10.4 Å². The average molecular weight is 282 g/mol. The van der Waals surface area contributed by atoms with Crippen molar-refractivity contribution in [2.75, 3.05) is 6.54 Å². The van der Waals surface area contributed by atoms with E-state index >= 15 is 0 Å². The molecule has 0 atom stereocenters. The minimum atomic E-state index is -0.175. The van der Waals surface area contributed by atoms with Crippen LogP contribution < -0.4 is 5.32 Å². The van der Waals surface area contributed by atoms with Gasteiger partial charge in [0.1, 0.15) is 5.52 Å². The molecule has 0 aliphatic carbocycles. The smallest absolute Gasteiger partial charge is 0.252 e. The molecular formula is C13H16ClN3O2. The molecule has 0 bridgehead atoms. The van der Waals surface area contributed by atoms with Crippen LogP contribution in [0.25, 0.3) is 10.9 Å². The second-order valence-electron chi connectivity index (χ2n) is 3.93. The SMILES string of the molecule is CCNC(=O)c1cnc2c(O)c(CC)ncc2c1.Cl. The normalized spacial score (nSPS) is 10.0. The highest BCUT2D eigenvalue weighted by Gasteiger charge is 2.11. The van der Waals surface area contributed by atoms with Crippen LogP contribution in [0.2, 0.25) is 0 Å². The maximum atomic E-state index is 11.7. The fourth-order valence-corrected chi connectivity index (χ4v) is 1.77. The lowest BCUT2D eigenvalue weighted by Gasteiger charge is -2.06. The van der Waals surface area contributed by atoms with E-state index in [-0.39, 0.29) is 24.1 Å². The summed E-state index contributed by atoms with van der Waals surface area (Å²) in [6.45, 7) is 4.33. The Morgan fingerprint density at radius 2 is 2.05 bits per heavy atom. The number of hydrogen-bond acceptors (Lipinski definition) is 4. The second kappa shape index (κ2) is 6.33. The third-order valence-corrected chi connectivity index (χ3v) is 2.71. The van der Waals surface area contributed by atoms with Crippen molar-refractivity contribution in [1.29, 1.82) is 0 Å². The molecule has 0 saturated carbocycles. The molecule has 2 heterocycles. The summed E-state index contributed by atoms with van der Waals surface area (Å²) in [6.07, 6.45) is 3.73. The largest absolute Gasteiger partial charge is 0.504 e. The summed E-state index contributed by atoms with van der Waals surface area (Å²) >= 11 is 0. The van der Waals surface area contributed by atoms with Gasteiger partial charge in [0.25, 0.3) is 5.91 Å². The molecule has 0 fully saturated rings. The number of amides is 1. The third-order valence-electron chi connectivity index (χ3n) is 2.71. The van der Waals surface area contributed by atoms with Crippen molar-refractivity contribution in [2.24, 2.45) is 0 Å². The summed E-state index contributed by atoms with van der Waals surface area (Å²) in [5, 5.41) is 13.3. The van der Waals surface area contributed by atoms with E-state index in [2.05, 4.69) is 15.3 Å². The summed E-state index contributed by atoms with van der Waals surface area (Å²) in [5.41, 5.74) is 1.56. The molecule has 2 aromatic heterocycles. The van der Waals surface area contributed by atoms with Crippen LogP contribution in [0.3, 0.4) is 0 Å². The van der Waals surface area contributed by atoms with Crippen LogP contribution in [0.4, 0.5) is 0 Å². The number of nitrogens with one attached hydrogen (secondary N) is 1. The molecule has 0 aliphatic rings. The number of rotatable bonds is 3. The van der Waals surface area contributed by atoms with E-state index in [1.165, 1.54) is 6.20 Å². The molecule has 19 heavy (non-hydrogen) atoms. The van der Waals surface area contributed by atoms with Gasteiger partial charge in [0.15, 0.2) is 5.75 Å². The van der Waals surface area contributed by atoms with Gasteiger partial charge in [-0.3, -0.25) is 14.8 Å². The molecule has 0 saturated heterocycles. The Morgan fingerprint density at radius 3 is 2.68 bits per heavy atom. The molecule has 0 radical (unpaired) electrons. The van der Waals surface area contributed by atoms with Crippen molar-refractivity contribution in [1.82, 2.24) is 15.3 Å². The number of carbonyl (C=O) groups excluding carboxylic acids is 1. The zero-order valence-electron chi connectivity index (χ0n) is 10.8. The molecule has 0 aromatic carbocycles. The van der Waals surface area contributed by atoms with Gasteiger partial charge in [-0.15, -0.1) is 12.4 Å². The predicted molar refractivity (Wildman–Crippen MR) is 75.8 cm³/mol. The summed E-state index contributed by atoms with van der Waals surface area (Å²) < 4.78 is 0. The molecule has 0 spiro atoms. The Kier molecular flexibility index (Phi) is 5.06. The van der Waals surface area contributed by atoms with Gasteiger partial charge >= 0.3 is 0 Å². The van der Waals surface area contributed by atoms with Crippen LogP contribution in [0.15, 0.2) is 18.5 Å². The van der Waals surface area contributed by atoms with Gasteiger partial charge in [-0.05, 0) is 19.4 Å². The fraction of sp³-hybridized carbons (Fsp3) is 0.308. The highest BCUT2D eigenvalue weighted by atomic mass is 35.5. The van der Waals surface area contributed by atoms with Crippen LogP contribution in [0.5, 0.6) is 5.75 Å². The van der Waals surface area contributed by atoms with Crippen LogP contribution in [-0.4, -0.2) is 27.5 Å². The minimum absolute atomic E-state index is 0. The lowest BCUT2D eigenvalue weighted by molar-refractivity contribution is 0.0955. The molecule has 2 N–H and O–H groups in total. The molecule has 5 nitrogen and oxygen atoms in total. The lowest BCUT2D eigenvalue weighted by atomic mass is 10.1. The number of aromatic hydroxyl groups is 1. The van der Waals surface area contributed by atoms with Gasteiger partial charge in [-0.2, -0.15) is 0 Å². The molecule has 0 unspecified atom stereocenters. The number of carbonyl (C=O) groups is 1. The number of nitrogens with zero attached hydrogens (tertiary/aromatic N) is 2. The van der Waals surface area contributed by atoms with Crippen molar-refractivity contribution < 1.29 is 9.90 Å². The molecular weight excluding hydrogens is 266 g/mol. The monoisotopic (exact) mass is 281 g/mol. The van der Waals surface area contributed by atoms with Gasteiger partial charge in [-0.1, -0.05) is 6.92 Å². The zero-order valence-corrected chi connectivity index (χ0v) is 11.6. The first-order valence-electron chi connectivity index (χ1n) is 5.92. The highest BCUT2D eigenvalue weighted by Crippen LogP contribution is 2.25. The first-order chi connectivity index (χ1) is 8.67. The van der Waals surface area contributed by atoms with Crippen molar-refractivity contribution >= 4 is 29.2 Å². The highest BCUT2D eigenvalue weighted by molar-refractivity contribution is 5.98. The third kappa shape index (κ3) is 2.93. The lowest BCUT2D eigenvalue weighted by Crippen LogP contribution is -2.22. The van der Waals surface area contributed by atoms with E-state index in [1.54, 1.807) is 12.3 Å². The first-order valence-corrected chi connectivity index (χ1v) is 5.92. The van der Waals surface area contributed by atoms with E-state index in [4.69, 9.17) is 0 Å². The van der Waals surface area contributed by atoms with Crippen molar-refractivity contribution in [2.45, 2.75) is 20.3 Å². The standard InChI is InChI=1S/C13H15N3O2.ClH/c1-3-10-12(17)11-8(6-15-10)5-9(7-16-11)13(18)14-4-2;/h5-7,17H,3-4H2,1-2H3,(H,14,18);1H.